The summed E-state index contributed by atoms with van der Waals surface area (Å²) in [6, 6.07) is 0. The second-order valence-corrected chi connectivity index (χ2v) is 6.62. The van der Waals surface area contributed by atoms with E-state index in [0.29, 0.717) is 0 Å². The highest BCUT2D eigenvalue weighted by Crippen LogP contribution is 2.35. The fourth-order valence-corrected chi connectivity index (χ4v) is 2.47. The molecule has 0 aliphatic carbocycles. The van der Waals surface area contributed by atoms with E-state index in [4.69, 9.17) is 0 Å². The topological polar surface area (TPSA) is 17.8 Å². The van der Waals surface area contributed by atoms with Gasteiger partial charge in [-0.2, -0.15) is 5.10 Å². The molecule has 0 saturated carbocycles. The summed E-state index contributed by atoms with van der Waals surface area (Å²) in [5, 5.41) is 4.68. The van der Waals surface area contributed by atoms with E-state index in [9.17, 15) is 0 Å². The summed E-state index contributed by atoms with van der Waals surface area (Å²) in [7, 11) is 0. The lowest BCUT2D eigenvalue weighted by Crippen LogP contribution is -2.24. The van der Waals surface area contributed by atoms with Crippen LogP contribution in [-0.2, 0) is 17.4 Å². The van der Waals surface area contributed by atoms with Gasteiger partial charge in [-0.25, -0.2) is 0 Å². The van der Waals surface area contributed by atoms with E-state index in [0.717, 1.165) is 6.54 Å². The van der Waals surface area contributed by atoms with Crippen molar-refractivity contribution < 1.29 is 0 Å². The fourth-order valence-electron chi connectivity index (χ4n) is 2.47. The summed E-state index contributed by atoms with van der Waals surface area (Å²) >= 11 is 0. The number of hydrogen-bond donors (Lipinski definition) is 0. The summed E-state index contributed by atoms with van der Waals surface area (Å²) in [6.07, 6.45) is 0. The molecule has 0 spiro atoms. The van der Waals surface area contributed by atoms with Crippen LogP contribution in [0.1, 0.15) is 65.4 Å². The van der Waals surface area contributed by atoms with Gasteiger partial charge in [0, 0.05) is 23.2 Å². The van der Waals surface area contributed by atoms with Crippen LogP contribution in [0.4, 0.5) is 0 Å². The van der Waals surface area contributed by atoms with Crippen molar-refractivity contribution in [3.05, 3.63) is 17.0 Å². The molecular formula is C14H26N2. The molecule has 0 unspecified atom stereocenters. The van der Waals surface area contributed by atoms with E-state index in [-0.39, 0.29) is 10.8 Å². The molecule has 2 heteroatoms. The normalized spacial score (nSPS) is 13.2. The molecule has 1 aromatic heterocycles. The largest absolute Gasteiger partial charge is 0.269 e. The van der Waals surface area contributed by atoms with Gasteiger partial charge < -0.3 is 0 Å². The van der Waals surface area contributed by atoms with Crippen LogP contribution in [0.15, 0.2) is 0 Å². The number of rotatable bonds is 1. The van der Waals surface area contributed by atoms with Gasteiger partial charge in [-0.1, -0.05) is 41.5 Å². The lowest BCUT2D eigenvalue weighted by Gasteiger charge is -2.28. The standard InChI is InChI=1S/C14H26N2/c1-9-16-12(14(6,7)8)11(10(2)15-16)13(3,4)5/h9H2,1-8H3. The minimum atomic E-state index is 0.153. The summed E-state index contributed by atoms with van der Waals surface area (Å²) in [5.74, 6) is 0. The summed E-state index contributed by atoms with van der Waals surface area (Å²) in [6.45, 7) is 18.9. The molecule has 0 amide bonds. The van der Waals surface area contributed by atoms with Gasteiger partial charge in [0.1, 0.15) is 0 Å². The van der Waals surface area contributed by atoms with Gasteiger partial charge in [-0.15, -0.1) is 0 Å². The monoisotopic (exact) mass is 222 g/mol. The highest BCUT2D eigenvalue weighted by atomic mass is 15.3. The Balaban J connectivity index is 3.54. The van der Waals surface area contributed by atoms with E-state index >= 15 is 0 Å². The average molecular weight is 222 g/mol. The van der Waals surface area contributed by atoms with Crippen molar-refractivity contribution in [3.8, 4) is 0 Å². The fraction of sp³-hybridized carbons (Fsp3) is 0.786. The van der Waals surface area contributed by atoms with Gasteiger partial charge >= 0.3 is 0 Å². The van der Waals surface area contributed by atoms with Crippen molar-refractivity contribution in [1.82, 2.24) is 9.78 Å². The van der Waals surface area contributed by atoms with Crippen LogP contribution in [0, 0.1) is 6.92 Å². The maximum atomic E-state index is 4.68. The van der Waals surface area contributed by atoms with Crippen LogP contribution in [0.2, 0.25) is 0 Å². The Morgan fingerprint density at radius 2 is 1.50 bits per heavy atom. The van der Waals surface area contributed by atoms with E-state index in [1.807, 2.05) is 0 Å². The molecule has 0 saturated heterocycles. The minimum Gasteiger partial charge on any atom is -0.269 e. The maximum Gasteiger partial charge on any atom is 0.0634 e. The molecule has 16 heavy (non-hydrogen) atoms. The van der Waals surface area contributed by atoms with E-state index in [1.165, 1.54) is 17.0 Å². The van der Waals surface area contributed by atoms with Crippen molar-refractivity contribution in [2.24, 2.45) is 0 Å². The Bertz CT molecular complexity index is 373. The Morgan fingerprint density at radius 3 is 1.81 bits per heavy atom. The predicted molar refractivity (Wildman–Crippen MR) is 70.0 cm³/mol. The molecule has 0 fully saturated rings. The van der Waals surface area contributed by atoms with Crippen LogP contribution in [0.5, 0.6) is 0 Å². The summed E-state index contributed by atoms with van der Waals surface area (Å²) in [5.41, 5.74) is 4.31. The van der Waals surface area contributed by atoms with Crippen LogP contribution in [0.3, 0.4) is 0 Å². The molecular weight excluding hydrogens is 196 g/mol. The Kier molecular flexibility index (Phi) is 3.24. The zero-order chi connectivity index (χ0) is 12.7. The predicted octanol–water partition coefficient (Wildman–Crippen LogP) is 3.81. The second-order valence-electron chi connectivity index (χ2n) is 6.62. The van der Waals surface area contributed by atoms with E-state index < -0.39 is 0 Å². The van der Waals surface area contributed by atoms with Gasteiger partial charge in [-0.05, 0) is 19.3 Å². The first-order valence-electron chi connectivity index (χ1n) is 6.17. The van der Waals surface area contributed by atoms with Gasteiger partial charge in [-0.3, -0.25) is 4.68 Å². The molecule has 1 heterocycles. The van der Waals surface area contributed by atoms with Gasteiger partial charge in [0.15, 0.2) is 0 Å². The maximum absolute atomic E-state index is 4.68. The Labute approximate surface area is 100 Å². The summed E-state index contributed by atoms with van der Waals surface area (Å²) < 4.78 is 2.16. The lowest BCUT2D eigenvalue weighted by atomic mass is 9.78. The summed E-state index contributed by atoms with van der Waals surface area (Å²) in [4.78, 5) is 0. The first-order valence-corrected chi connectivity index (χ1v) is 6.17. The molecule has 0 aliphatic rings. The molecule has 0 radical (unpaired) electrons. The highest BCUT2D eigenvalue weighted by molar-refractivity contribution is 5.36. The third kappa shape index (κ3) is 2.31. The first kappa shape index (κ1) is 13.3. The van der Waals surface area contributed by atoms with Crippen LogP contribution in [0.25, 0.3) is 0 Å². The number of aromatic nitrogens is 2. The third-order valence-electron chi connectivity index (χ3n) is 2.89. The zero-order valence-electron chi connectivity index (χ0n) is 12.1. The molecule has 0 bridgehead atoms. The van der Waals surface area contributed by atoms with E-state index in [1.54, 1.807) is 0 Å². The van der Waals surface area contributed by atoms with Crippen molar-refractivity contribution in [3.63, 3.8) is 0 Å². The van der Waals surface area contributed by atoms with Gasteiger partial charge in [0.25, 0.3) is 0 Å². The third-order valence-corrected chi connectivity index (χ3v) is 2.89. The van der Waals surface area contributed by atoms with Crippen molar-refractivity contribution >= 4 is 0 Å². The Hall–Kier alpha value is -0.790. The molecule has 0 aromatic carbocycles. The molecule has 0 aliphatic heterocycles. The highest BCUT2D eigenvalue weighted by Gasteiger charge is 2.31. The zero-order valence-corrected chi connectivity index (χ0v) is 12.1. The van der Waals surface area contributed by atoms with Crippen LogP contribution in [-0.4, -0.2) is 9.78 Å². The lowest BCUT2D eigenvalue weighted by molar-refractivity contribution is 0.474. The molecule has 1 rings (SSSR count). The average Bonchev–Trinajstić information content (AvgIpc) is 2.40. The van der Waals surface area contributed by atoms with Crippen LogP contribution >= 0.6 is 0 Å². The first-order chi connectivity index (χ1) is 7.09. The number of hydrogen-bond acceptors (Lipinski definition) is 1. The van der Waals surface area contributed by atoms with Crippen molar-refractivity contribution in [2.45, 2.75) is 72.8 Å². The van der Waals surface area contributed by atoms with Crippen molar-refractivity contribution in [1.29, 1.82) is 0 Å². The molecule has 92 valence electrons. The molecule has 2 nitrogen and oxygen atoms in total. The second kappa shape index (κ2) is 3.90. The smallest absolute Gasteiger partial charge is 0.0634 e. The van der Waals surface area contributed by atoms with Crippen molar-refractivity contribution in [2.75, 3.05) is 0 Å². The number of nitrogens with zero attached hydrogens (tertiary/aromatic N) is 2. The van der Waals surface area contributed by atoms with Gasteiger partial charge in [0.2, 0.25) is 0 Å². The SMILES string of the molecule is CCn1nc(C)c(C(C)(C)C)c1C(C)(C)C. The van der Waals surface area contributed by atoms with Crippen LogP contribution < -0.4 is 0 Å². The van der Waals surface area contributed by atoms with Gasteiger partial charge in [0.05, 0.1) is 5.69 Å². The molecule has 0 atom stereocenters. The Morgan fingerprint density at radius 1 is 1.00 bits per heavy atom. The van der Waals surface area contributed by atoms with E-state index in [2.05, 4.69) is 65.2 Å². The quantitative estimate of drug-likeness (QED) is 0.706. The minimum absolute atomic E-state index is 0.153. The molecule has 0 N–H and O–H groups in total. The number of aryl methyl sites for hydroxylation is 2. The molecule has 1 aromatic rings.